The minimum Gasteiger partial charge on any atom is -0.349 e. The molecule has 5 heteroatoms. The van der Waals surface area contributed by atoms with Gasteiger partial charge in [-0.3, -0.25) is 9.48 Å². The minimum absolute atomic E-state index is 0.0190. The quantitative estimate of drug-likeness (QED) is 0.652. The lowest BCUT2D eigenvalue weighted by Gasteiger charge is -2.13. The Morgan fingerprint density at radius 1 is 1.38 bits per heavy atom. The number of unbranched alkanes of at least 4 members (excludes halogenated alkanes) is 3. The summed E-state index contributed by atoms with van der Waals surface area (Å²) in [4.78, 5) is 12.3. The highest BCUT2D eigenvalue weighted by Crippen LogP contribution is 2.10. The zero-order valence-electron chi connectivity index (χ0n) is 13.7. The van der Waals surface area contributed by atoms with Gasteiger partial charge < -0.3 is 11.1 Å². The molecule has 1 aromatic rings. The van der Waals surface area contributed by atoms with Crippen LogP contribution in [-0.4, -0.2) is 28.3 Å². The summed E-state index contributed by atoms with van der Waals surface area (Å²) >= 11 is 0. The van der Waals surface area contributed by atoms with Gasteiger partial charge in [0.25, 0.3) is 5.91 Å². The number of rotatable bonds is 10. The van der Waals surface area contributed by atoms with Crippen LogP contribution in [0.15, 0.2) is 6.20 Å². The van der Waals surface area contributed by atoms with Crippen LogP contribution in [0.4, 0.5) is 0 Å². The maximum atomic E-state index is 12.3. The van der Waals surface area contributed by atoms with Crippen molar-refractivity contribution in [3.05, 3.63) is 17.5 Å². The monoisotopic (exact) mass is 294 g/mol. The second-order valence-corrected chi connectivity index (χ2v) is 5.73. The summed E-state index contributed by atoms with van der Waals surface area (Å²) in [5, 5.41) is 7.33. The average molecular weight is 294 g/mol. The van der Waals surface area contributed by atoms with Gasteiger partial charge >= 0.3 is 0 Å². The molecule has 1 aromatic heterocycles. The molecule has 1 unspecified atom stereocenters. The van der Waals surface area contributed by atoms with Gasteiger partial charge in [-0.1, -0.05) is 32.6 Å². The van der Waals surface area contributed by atoms with Crippen LogP contribution in [0.5, 0.6) is 0 Å². The molecule has 21 heavy (non-hydrogen) atoms. The first-order chi connectivity index (χ1) is 10.1. The van der Waals surface area contributed by atoms with Gasteiger partial charge in [0.2, 0.25) is 0 Å². The molecule has 1 heterocycles. The average Bonchev–Trinajstić information content (AvgIpc) is 2.82. The van der Waals surface area contributed by atoms with Gasteiger partial charge in [0.05, 0.1) is 11.8 Å². The third kappa shape index (κ3) is 5.87. The molecule has 0 aromatic carbocycles. The van der Waals surface area contributed by atoms with Crippen molar-refractivity contribution in [3.63, 3.8) is 0 Å². The lowest BCUT2D eigenvalue weighted by atomic mass is 10.1. The Morgan fingerprint density at radius 3 is 2.81 bits per heavy atom. The predicted octanol–water partition coefficient (Wildman–Crippen LogP) is 2.63. The zero-order chi connectivity index (χ0) is 15.7. The molecule has 0 fully saturated rings. The topological polar surface area (TPSA) is 72.9 Å². The Kier molecular flexibility index (Phi) is 8.05. The molecule has 0 aliphatic carbocycles. The van der Waals surface area contributed by atoms with Gasteiger partial charge in [0.15, 0.2) is 0 Å². The molecule has 0 bridgehead atoms. The van der Waals surface area contributed by atoms with Crippen molar-refractivity contribution >= 4 is 5.91 Å². The number of carbonyl (C=O) groups excluding carboxylic acids is 1. The van der Waals surface area contributed by atoms with E-state index >= 15 is 0 Å². The molecule has 5 nitrogen and oxygen atoms in total. The zero-order valence-corrected chi connectivity index (χ0v) is 13.7. The maximum absolute atomic E-state index is 12.3. The summed E-state index contributed by atoms with van der Waals surface area (Å²) in [6, 6.07) is 0.209. The standard InChI is InChI=1S/C16H30N4O/c1-4-5-6-7-9-13(2)19-16(21)15-12-18-20(14(15)3)11-8-10-17/h12-13H,4-11,17H2,1-3H3,(H,19,21). The maximum Gasteiger partial charge on any atom is 0.254 e. The smallest absolute Gasteiger partial charge is 0.254 e. The molecule has 1 atom stereocenters. The van der Waals surface area contributed by atoms with Crippen LogP contribution in [0.3, 0.4) is 0 Å². The van der Waals surface area contributed by atoms with Gasteiger partial charge in [-0.2, -0.15) is 5.10 Å². The van der Waals surface area contributed by atoms with E-state index in [-0.39, 0.29) is 11.9 Å². The van der Waals surface area contributed by atoms with E-state index < -0.39 is 0 Å². The molecule has 0 spiro atoms. The number of aromatic nitrogens is 2. The van der Waals surface area contributed by atoms with Crippen LogP contribution in [0.25, 0.3) is 0 Å². The minimum atomic E-state index is -0.0190. The van der Waals surface area contributed by atoms with Gasteiger partial charge in [-0.25, -0.2) is 0 Å². The van der Waals surface area contributed by atoms with Crippen molar-refractivity contribution in [3.8, 4) is 0 Å². The summed E-state index contributed by atoms with van der Waals surface area (Å²) in [6.45, 7) is 7.61. The van der Waals surface area contributed by atoms with Crippen molar-refractivity contribution < 1.29 is 4.79 Å². The van der Waals surface area contributed by atoms with Crippen molar-refractivity contribution in [2.75, 3.05) is 6.54 Å². The molecule has 0 saturated heterocycles. The summed E-state index contributed by atoms with van der Waals surface area (Å²) in [7, 11) is 0. The SMILES string of the molecule is CCCCCCC(C)NC(=O)c1cnn(CCCN)c1C. The predicted molar refractivity (Wildman–Crippen MR) is 86.3 cm³/mol. The van der Waals surface area contributed by atoms with E-state index in [9.17, 15) is 4.79 Å². The number of hydrogen-bond donors (Lipinski definition) is 2. The molecular weight excluding hydrogens is 264 g/mol. The number of nitrogens with one attached hydrogen (secondary N) is 1. The Balaban J connectivity index is 2.46. The van der Waals surface area contributed by atoms with Crippen molar-refractivity contribution in [2.45, 2.75) is 71.9 Å². The van der Waals surface area contributed by atoms with E-state index in [1.807, 2.05) is 11.6 Å². The highest BCUT2D eigenvalue weighted by Gasteiger charge is 2.15. The number of hydrogen-bond acceptors (Lipinski definition) is 3. The lowest BCUT2D eigenvalue weighted by Crippen LogP contribution is -2.32. The Morgan fingerprint density at radius 2 is 2.14 bits per heavy atom. The van der Waals surface area contributed by atoms with E-state index in [1.165, 1.54) is 25.7 Å². The number of amides is 1. The van der Waals surface area contributed by atoms with Crippen molar-refractivity contribution in [1.29, 1.82) is 0 Å². The number of nitrogens with zero attached hydrogens (tertiary/aromatic N) is 2. The van der Waals surface area contributed by atoms with Gasteiger partial charge in [-0.15, -0.1) is 0 Å². The van der Waals surface area contributed by atoms with E-state index in [0.717, 1.165) is 25.1 Å². The second kappa shape index (κ2) is 9.55. The number of nitrogens with two attached hydrogens (primary N) is 1. The summed E-state index contributed by atoms with van der Waals surface area (Å²) < 4.78 is 1.85. The van der Waals surface area contributed by atoms with E-state index in [4.69, 9.17) is 5.73 Å². The third-order valence-electron chi connectivity index (χ3n) is 3.79. The second-order valence-electron chi connectivity index (χ2n) is 5.73. The molecule has 0 aliphatic heterocycles. The fourth-order valence-corrected chi connectivity index (χ4v) is 2.39. The first kappa shape index (κ1) is 17.7. The van der Waals surface area contributed by atoms with Crippen LogP contribution >= 0.6 is 0 Å². The van der Waals surface area contributed by atoms with Crippen molar-refractivity contribution in [2.24, 2.45) is 5.73 Å². The lowest BCUT2D eigenvalue weighted by molar-refractivity contribution is 0.0937. The molecular formula is C16H30N4O. The van der Waals surface area contributed by atoms with Crippen molar-refractivity contribution in [1.82, 2.24) is 15.1 Å². The van der Waals surface area contributed by atoms with Crippen LogP contribution in [0.1, 0.15) is 68.4 Å². The summed E-state index contributed by atoms with van der Waals surface area (Å²) in [5.74, 6) is -0.0190. The first-order valence-electron chi connectivity index (χ1n) is 8.13. The highest BCUT2D eigenvalue weighted by atomic mass is 16.1. The first-order valence-corrected chi connectivity index (χ1v) is 8.13. The van der Waals surface area contributed by atoms with Crippen LogP contribution < -0.4 is 11.1 Å². The fraction of sp³-hybridized carbons (Fsp3) is 0.750. The van der Waals surface area contributed by atoms with Gasteiger partial charge in [-0.05, 0) is 33.2 Å². The molecule has 3 N–H and O–H groups in total. The fourth-order valence-electron chi connectivity index (χ4n) is 2.39. The van der Waals surface area contributed by atoms with E-state index in [1.54, 1.807) is 6.20 Å². The molecule has 1 amide bonds. The molecule has 1 rings (SSSR count). The van der Waals surface area contributed by atoms with Crippen LogP contribution in [0, 0.1) is 6.92 Å². The Hall–Kier alpha value is -1.36. The summed E-state index contributed by atoms with van der Waals surface area (Å²) in [5.41, 5.74) is 7.10. The Bertz CT molecular complexity index is 428. The molecule has 0 radical (unpaired) electrons. The largest absolute Gasteiger partial charge is 0.349 e. The van der Waals surface area contributed by atoms with Crippen LogP contribution in [-0.2, 0) is 6.54 Å². The highest BCUT2D eigenvalue weighted by molar-refractivity contribution is 5.95. The summed E-state index contributed by atoms with van der Waals surface area (Å²) in [6.07, 6.45) is 8.49. The molecule has 0 aliphatic rings. The number of aryl methyl sites for hydroxylation is 1. The number of carbonyl (C=O) groups is 1. The molecule has 120 valence electrons. The van der Waals surface area contributed by atoms with Gasteiger partial charge in [0, 0.05) is 18.3 Å². The Labute approximate surface area is 128 Å². The van der Waals surface area contributed by atoms with Gasteiger partial charge in [0.1, 0.15) is 0 Å². The van der Waals surface area contributed by atoms with E-state index in [0.29, 0.717) is 12.1 Å². The van der Waals surface area contributed by atoms with Crippen LogP contribution in [0.2, 0.25) is 0 Å². The third-order valence-corrected chi connectivity index (χ3v) is 3.79. The van der Waals surface area contributed by atoms with E-state index in [2.05, 4.69) is 24.3 Å². The normalized spacial score (nSPS) is 12.4. The molecule has 0 saturated carbocycles.